The number of hydrogen-bond acceptors (Lipinski definition) is 5. The molecule has 3 heterocycles. The molecule has 1 saturated heterocycles. The molecule has 2 N–H and O–H groups in total. The first-order valence-electron chi connectivity index (χ1n) is 10.2. The molecule has 0 amide bonds. The van der Waals surface area contributed by atoms with Gasteiger partial charge in [-0.15, -0.1) is 0 Å². The van der Waals surface area contributed by atoms with Gasteiger partial charge >= 0.3 is 12.1 Å². The first-order valence-corrected chi connectivity index (χ1v) is 10.2. The fourth-order valence-corrected chi connectivity index (χ4v) is 4.13. The van der Waals surface area contributed by atoms with E-state index in [-0.39, 0.29) is 0 Å². The van der Waals surface area contributed by atoms with Crippen LogP contribution in [-0.4, -0.2) is 59.2 Å². The van der Waals surface area contributed by atoms with Gasteiger partial charge in [0.05, 0.1) is 12.7 Å². The van der Waals surface area contributed by atoms with Crippen LogP contribution in [0.1, 0.15) is 23.6 Å². The van der Waals surface area contributed by atoms with Gasteiger partial charge in [0.2, 0.25) is 0 Å². The second kappa shape index (κ2) is 8.70. The van der Waals surface area contributed by atoms with Crippen LogP contribution in [0.2, 0.25) is 0 Å². The zero-order valence-electron chi connectivity index (χ0n) is 17.4. The largest absolute Gasteiger partial charge is 0.497 e. The van der Waals surface area contributed by atoms with Crippen molar-refractivity contribution in [1.29, 1.82) is 0 Å². The lowest BCUT2D eigenvalue weighted by Crippen LogP contribution is -2.37. The molecule has 1 atom stereocenters. The lowest BCUT2D eigenvalue weighted by atomic mass is 10.0. The van der Waals surface area contributed by atoms with E-state index in [0.29, 0.717) is 49.7 Å². The zero-order valence-corrected chi connectivity index (χ0v) is 17.4. The lowest BCUT2D eigenvalue weighted by molar-refractivity contribution is -0.143. The number of methoxy groups -OCH3 is 1. The molecule has 0 unspecified atom stereocenters. The fourth-order valence-electron chi connectivity index (χ4n) is 4.13. The van der Waals surface area contributed by atoms with Crippen molar-refractivity contribution in [2.24, 2.45) is 0 Å². The molecule has 170 valence electrons. The smallest absolute Gasteiger partial charge is 0.417 e. The molecule has 2 aromatic heterocycles. The van der Waals surface area contributed by atoms with Crippen molar-refractivity contribution in [2.75, 3.05) is 38.2 Å². The number of alkyl halides is 3. The Balaban J connectivity index is 1.55. The number of nitrogens with one attached hydrogen (secondary N) is 1. The topological polar surface area (TPSA) is 81.7 Å². The van der Waals surface area contributed by atoms with Crippen molar-refractivity contribution in [3.8, 4) is 5.75 Å². The molecule has 32 heavy (non-hydrogen) atoms. The van der Waals surface area contributed by atoms with Crippen LogP contribution in [0.15, 0.2) is 42.7 Å². The molecule has 7 nitrogen and oxygen atoms in total. The summed E-state index contributed by atoms with van der Waals surface area (Å²) in [5.74, 6) is 0.122. The Kier molecular flexibility index (Phi) is 5.96. The van der Waals surface area contributed by atoms with Gasteiger partial charge in [-0.25, -0.2) is 4.98 Å². The Morgan fingerprint density at radius 3 is 2.66 bits per heavy atom. The number of H-pyrrole nitrogens is 1. The summed E-state index contributed by atoms with van der Waals surface area (Å²) in [5, 5.41) is 10.8. The summed E-state index contributed by atoms with van der Waals surface area (Å²) in [6.07, 6.45) is -1.24. The van der Waals surface area contributed by atoms with E-state index in [2.05, 4.69) is 9.97 Å². The van der Waals surface area contributed by atoms with Gasteiger partial charge in [-0.05, 0) is 36.8 Å². The maximum Gasteiger partial charge on any atom is 0.417 e. The number of pyridine rings is 1. The number of hydrogen-bond donors (Lipinski definition) is 2. The van der Waals surface area contributed by atoms with Crippen LogP contribution in [0.4, 0.5) is 19.0 Å². The molecule has 0 spiro atoms. The summed E-state index contributed by atoms with van der Waals surface area (Å²) in [6, 6.07) is 6.98. The van der Waals surface area contributed by atoms with Gasteiger partial charge in [-0.1, -0.05) is 0 Å². The Bertz CT molecular complexity index is 1100. The second-order valence-electron chi connectivity index (χ2n) is 7.68. The summed E-state index contributed by atoms with van der Waals surface area (Å²) in [4.78, 5) is 23.1. The number of carbonyl (C=O) groups is 1. The first kappa shape index (κ1) is 21.9. The third-order valence-corrected chi connectivity index (χ3v) is 5.74. The summed E-state index contributed by atoms with van der Waals surface area (Å²) in [7, 11) is 1.56. The predicted molar refractivity (Wildman–Crippen MR) is 113 cm³/mol. The summed E-state index contributed by atoms with van der Waals surface area (Å²) in [6.45, 7) is 1.98. The van der Waals surface area contributed by atoms with Crippen LogP contribution in [0.5, 0.6) is 5.75 Å². The van der Waals surface area contributed by atoms with Crippen LogP contribution in [0, 0.1) is 0 Å². The molecule has 1 aromatic carbocycles. The molecule has 0 saturated carbocycles. The summed E-state index contributed by atoms with van der Waals surface area (Å²) in [5.41, 5.74) is 0.670. The summed E-state index contributed by atoms with van der Waals surface area (Å²) < 4.78 is 43.7. The Hall–Kier alpha value is -3.27. The van der Waals surface area contributed by atoms with Crippen molar-refractivity contribution < 1.29 is 27.8 Å². The molecule has 0 radical (unpaired) electrons. The van der Waals surface area contributed by atoms with E-state index in [1.54, 1.807) is 19.4 Å². The monoisotopic (exact) mass is 448 g/mol. The van der Waals surface area contributed by atoms with Crippen LogP contribution < -0.4 is 9.64 Å². The minimum atomic E-state index is -4.43. The Morgan fingerprint density at radius 1 is 1.19 bits per heavy atom. The number of aromatic nitrogens is 2. The number of halogens is 3. The maximum atomic E-state index is 12.8. The lowest BCUT2D eigenvalue weighted by Gasteiger charge is -2.27. The van der Waals surface area contributed by atoms with Gasteiger partial charge in [-0.2, -0.15) is 13.2 Å². The Morgan fingerprint density at radius 2 is 2.00 bits per heavy atom. The normalized spacial score (nSPS) is 16.7. The number of aromatic amines is 1. The number of ether oxygens (including phenoxy) is 1. The standard InChI is InChI=1S/C22H23F3N4O3/c1-32-15-4-5-18-16(11-15)17(13-26-18)20(21(30)31)29-8-2-7-28(9-10-29)19-6-3-14(12-27-19)22(23,24)25/h3-6,11-13,20,26H,2,7-10H2,1H3,(H,30,31)/t20-/m1/s1. The highest BCUT2D eigenvalue weighted by Gasteiger charge is 2.33. The van der Waals surface area contributed by atoms with E-state index in [4.69, 9.17) is 4.74 Å². The van der Waals surface area contributed by atoms with Crippen molar-refractivity contribution >= 4 is 22.7 Å². The fraction of sp³-hybridized carbons (Fsp3) is 0.364. The average Bonchev–Trinajstić information content (AvgIpc) is 3.01. The van der Waals surface area contributed by atoms with E-state index >= 15 is 0 Å². The van der Waals surface area contributed by atoms with Gasteiger partial charge in [0.25, 0.3) is 0 Å². The van der Waals surface area contributed by atoms with Crippen molar-refractivity contribution in [3.63, 3.8) is 0 Å². The number of nitrogens with zero attached hydrogens (tertiary/aromatic N) is 3. The van der Waals surface area contributed by atoms with E-state index < -0.39 is 23.8 Å². The quantitative estimate of drug-likeness (QED) is 0.616. The number of rotatable bonds is 5. The van der Waals surface area contributed by atoms with Gasteiger partial charge in [-0.3, -0.25) is 9.69 Å². The van der Waals surface area contributed by atoms with E-state index in [0.717, 1.165) is 23.2 Å². The van der Waals surface area contributed by atoms with Crippen LogP contribution >= 0.6 is 0 Å². The predicted octanol–water partition coefficient (Wildman–Crippen LogP) is 3.93. The zero-order chi connectivity index (χ0) is 22.9. The van der Waals surface area contributed by atoms with Gasteiger partial charge < -0.3 is 19.7 Å². The second-order valence-corrected chi connectivity index (χ2v) is 7.68. The highest BCUT2D eigenvalue weighted by atomic mass is 19.4. The van der Waals surface area contributed by atoms with Crippen molar-refractivity contribution in [3.05, 3.63) is 53.9 Å². The molecule has 4 rings (SSSR count). The molecule has 1 fully saturated rings. The highest BCUT2D eigenvalue weighted by molar-refractivity contribution is 5.90. The molecule has 1 aliphatic rings. The molecule has 0 bridgehead atoms. The number of anilines is 1. The van der Waals surface area contributed by atoms with Gasteiger partial charge in [0.1, 0.15) is 17.6 Å². The average molecular weight is 448 g/mol. The van der Waals surface area contributed by atoms with Crippen LogP contribution in [-0.2, 0) is 11.0 Å². The maximum absolute atomic E-state index is 12.8. The Labute approximate surface area is 182 Å². The number of fused-ring (bicyclic) bond motifs is 1. The third-order valence-electron chi connectivity index (χ3n) is 5.74. The molecule has 0 aliphatic carbocycles. The van der Waals surface area contributed by atoms with Crippen LogP contribution in [0.25, 0.3) is 10.9 Å². The molecule has 10 heteroatoms. The number of carboxylic acids is 1. The molecular formula is C22H23F3N4O3. The van der Waals surface area contributed by atoms with E-state index in [1.165, 1.54) is 6.07 Å². The van der Waals surface area contributed by atoms with Crippen molar-refractivity contribution in [2.45, 2.75) is 18.6 Å². The number of aliphatic carboxylic acids is 1. The number of benzene rings is 1. The van der Waals surface area contributed by atoms with E-state index in [9.17, 15) is 23.1 Å². The van der Waals surface area contributed by atoms with Crippen LogP contribution in [0.3, 0.4) is 0 Å². The number of carboxylic acid groups (broad SMARTS) is 1. The molecule has 1 aliphatic heterocycles. The molecule has 3 aromatic rings. The van der Waals surface area contributed by atoms with Crippen molar-refractivity contribution in [1.82, 2.24) is 14.9 Å². The minimum absolute atomic E-state index is 0.427. The van der Waals surface area contributed by atoms with Gasteiger partial charge in [0, 0.05) is 55.0 Å². The van der Waals surface area contributed by atoms with E-state index in [1.807, 2.05) is 21.9 Å². The third kappa shape index (κ3) is 4.36. The SMILES string of the molecule is COc1ccc2[nH]cc([C@H](C(=O)O)N3CCCN(c4ccc(C(F)(F)F)cn4)CC3)c2c1. The highest BCUT2D eigenvalue weighted by Crippen LogP contribution is 2.33. The summed E-state index contributed by atoms with van der Waals surface area (Å²) >= 11 is 0. The van der Waals surface area contributed by atoms with Gasteiger partial charge in [0.15, 0.2) is 0 Å². The minimum Gasteiger partial charge on any atom is -0.497 e. The molecular weight excluding hydrogens is 425 g/mol. The first-order chi connectivity index (χ1) is 15.3.